The van der Waals surface area contributed by atoms with Gasteiger partial charge in [0.1, 0.15) is 5.75 Å². The summed E-state index contributed by atoms with van der Waals surface area (Å²) < 4.78 is 0.849. The Kier molecular flexibility index (Phi) is 4.46. The van der Waals surface area contributed by atoms with E-state index in [1.807, 2.05) is 0 Å². The molecule has 0 saturated heterocycles. The zero-order valence-electron chi connectivity index (χ0n) is 10.1. The standard InChI is InChI=1S/C13H10BrClN2O3/c14-9-1-4-13(18)8(5-9)7-16-12-3-2-10(17(19)20)6-11(12)15/h1-6,16,18H,7H2. The number of non-ortho nitro benzene ring substituents is 1. The summed E-state index contributed by atoms with van der Waals surface area (Å²) in [7, 11) is 0. The highest BCUT2D eigenvalue weighted by Gasteiger charge is 2.10. The molecule has 104 valence electrons. The third-order valence-corrected chi connectivity index (χ3v) is 3.48. The van der Waals surface area contributed by atoms with Gasteiger partial charge in [-0.05, 0) is 24.3 Å². The summed E-state index contributed by atoms with van der Waals surface area (Å²) in [4.78, 5) is 10.1. The monoisotopic (exact) mass is 356 g/mol. The van der Waals surface area contributed by atoms with Gasteiger partial charge in [0.25, 0.3) is 5.69 Å². The minimum absolute atomic E-state index is 0.0640. The molecule has 0 bridgehead atoms. The molecule has 0 aliphatic heterocycles. The van der Waals surface area contributed by atoms with Crippen molar-refractivity contribution in [3.05, 3.63) is 61.6 Å². The number of nitro benzene ring substituents is 1. The minimum atomic E-state index is -0.504. The van der Waals surface area contributed by atoms with Gasteiger partial charge in [0.15, 0.2) is 0 Å². The lowest BCUT2D eigenvalue weighted by Crippen LogP contribution is -2.01. The summed E-state index contributed by atoms with van der Waals surface area (Å²) in [5.74, 6) is 0.165. The van der Waals surface area contributed by atoms with E-state index in [4.69, 9.17) is 11.6 Å². The molecule has 2 aromatic rings. The van der Waals surface area contributed by atoms with Gasteiger partial charge in [-0.25, -0.2) is 0 Å². The maximum atomic E-state index is 10.6. The molecule has 0 atom stereocenters. The molecule has 7 heteroatoms. The molecular weight excluding hydrogens is 348 g/mol. The number of phenols is 1. The van der Waals surface area contributed by atoms with Crippen LogP contribution in [0.3, 0.4) is 0 Å². The Morgan fingerprint density at radius 1 is 1.30 bits per heavy atom. The van der Waals surface area contributed by atoms with Crippen LogP contribution in [0.15, 0.2) is 40.9 Å². The second-order valence-corrected chi connectivity index (χ2v) is 5.37. The van der Waals surface area contributed by atoms with Crippen LogP contribution >= 0.6 is 27.5 Å². The van der Waals surface area contributed by atoms with Crippen molar-refractivity contribution in [1.82, 2.24) is 0 Å². The largest absolute Gasteiger partial charge is 0.508 e. The Morgan fingerprint density at radius 2 is 2.05 bits per heavy atom. The van der Waals surface area contributed by atoms with Gasteiger partial charge in [0.05, 0.1) is 15.6 Å². The second kappa shape index (κ2) is 6.11. The third-order valence-electron chi connectivity index (χ3n) is 2.67. The Hall–Kier alpha value is -1.79. The number of hydrogen-bond donors (Lipinski definition) is 2. The molecule has 2 rings (SSSR count). The average Bonchev–Trinajstić information content (AvgIpc) is 2.40. The average molecular weight is 358 g/mol. The summed E-state index contributed by atoms with van der Waals surface area (Å²) in [6, 6.07) is 9.28. The van der Waals surface area contributed by atoms with E-state index in [-0.39, 0.29) is 16.5 Å². The van der Waals surface area contributed by atoms with E-state index in [0.29, 0.717) is 17.8 Å². The fourth-order valence-corrected chi connectivity index (χ4v) is 2.30. The van der Waals surface area contributed by atoms with Crippen LogP contribution in [-0.2, 0) is 6.54 Å². The van der Waals surface area contributed by atoms with Crippen molar-refractivity contribution >= 4 is 38.9 Å². The number of halogens is 2. The predicted molar refractivity (Wildman–Crippen MR) is 81.2 cm³/mol. The number of nitro groups is 1. The van der Waals surface area contributed by atoms with Crippen LogP contribution in [0.1, 0.15) is 5.56 Å². The van der Waals surface area contributed by atoms with Crippen molar-refractivity contribution < 1.29 is 10.0 Å². The first kappa shape index (κ1) is 14.6. The molecule has 0 radical (unpaired) electrons. The SMILES string of the molecule is O=[N+]([O-])c1ccc(NCc2cc(Br)ccc2O)c(Cl)c1. The molecule has 0 amide bonds. The van der Waals surface area contributed by atoms with Crippen molar-refractivity contribution in [3.63, 3.8) is 0 Å². The topological polar surface area (TPSA) is 75.4 Å². The lowest BCUT2D eigenvalue weighted by molar-refractivity contribution is -0.384. The molecule has 0 aromatic heterocycles. The van der Waals surface area contributed by atoms with Gasteiger partial charge in [0.2, 0.25) is 0 Å². The van der Waals surface area contributed by atoms with Gasteiger partial charge in [-0.15, -0.1) is 0 Å². The number of benzene rings is 2. The van der Waals surface area contributed by atoms with Gasteiger partial charge in [-0.1, -0.05) is 27.5 Å². The predicted octanol–water partition coefficient (Wildman–Crippen LogP) is 4.33. The van der Waals surface area contributed by atoms with Crippen LogP contribution < -0.4 is 5.32 Å². The van der Waals surface area contributed by atoms with Gasteiger partial charge < -0.3 is 10.4 Å². The van der Waals surface area contributed by atoms with Gasteiger partial charge in [0, 0.05) is 28.7 Å². The van der Waals surface area contributed by atoms with Gasteiger partial charge >= 0.3 is 0 Å². The number of aromatic hydroxyl groups is 1. The van der Waals surface area contributed by atoms with Crippen molar-refractivity contribution in [3.8, 4) is 5.75 Å². The number of anilines is 1. The van der Waals surface area contributed by atoms with Crippen molar-refractivity contribution in [2.24, 2.45) is 0 Å². The minimum Gasteiger partial charge on any atom is -0.508 e. The smallest absolute Gasteiger partial charge is 0.271 e. The maximum Gasteiger partial charge on any atom is 0.271 e. The first-order valence-electron chi connectivity index (χ1n) is 5.62. The zero-order chi connectivity index (χ0) is 14.7. The molecule has 0 aliphatic rings. The van der Waals surface area contributed by atoms with Crippen LogP contribution in [0.2, 0.25) is 5.02 Å². The molecule has 20 heavy (non-hydrogen) atoms. The van der Waals surface area contributed by atoms with Crippen LogP contribution in [0.5, 0.6) is 5.75 Å². The molecule has 0 spiro atoms. The van der Waals surface area contributed by atoms with Crippen LogP contribution in [0, 0.1) is 10.1 Å². The summed E-state index contributed by atoms with van der Waals surface area (Å²) in [6.45, 7) is 0.350. The van der Waals surface area contributed by atoms with Crippen molar-refractivity contribution in [2.45, 2.75) is 6.54 Å². The Balaban J connectivity index is 2.15. The van der Waals surface area contributed by atoms with E-state index in [1.54, 1.807) is 18.2 Å². The number of nitrogens with one attached hydrogen (secondary N) is 1. The Morgan fingerprint density at radius 3 is 2.70 bits per heavy atom. The lowest BCUT2D eigenvalue weighted by atomic mass is 10.2. The normalized spacial score (nSPS) is 10.3. The van der Waals surface area contributed by atoms with Gasteiger partial charge in [-0.3, -0.25) is 10.1 Å². The molecule has 0 unspecified atom stereocenters. The summed E-state index contributed by atoms with van der Waals surface area (Å²) in [5.41, 5.74) is 1.19. The van der Waals surface area contributed by atoms with Crippen molar-refractivity contribution in [1.29, 1.82) is 0 Å². The first-order chi connectivity index (χ1) is 9.47. The molecule has 0 fully saturated rings. The maximum absolute atomic E-state index is 10.6. The molecule has 2 N–H and O–H groups in total. The highest BCUT2D eigenvalue weighted by atomic mass is 79.9. The fourth-order valence-electron chi connectivity index (χ4n) is 1.65. The Labute approximate surface area is 128 Å². The Bertz CT molecular complexity index is 664. The van der Waals surface area contributed by atoms with E-state index in [2.05, 4.69) is 21.2 Å². The van der Waals surface area contributed by atoms with E-state index >= 15 is 0 Å². The third kappa shape index (κ3) is 3.40. The number of nitrogens with zero attached hydrogens (tertiary/aromatic N) is 1. The van der Waals surface area contributed by atoms with Crippen LogP contribution in [-0.4, -0.2) is 10.0 Å². The fraction of sp³-hybridized carbons (Fsp3) is 0.0769. The molecule has 0 heterocycles. The zero-order valence-corrected chi connectivity index (χ0v) is 12.5. The number of hydrogen-bond acceptors (Lipinski definition) is 4. The molecule has 5 nitrogen and oxygen atoms in total. The summed E-state index contributed by atoms with van der Waals surface area (Å²) in [5, 5.41) is 23.6. The molecule has 2 aromatic carbocycles. The number of rotatable bonds is 4. The van der Waals surface area contributed by atoms with E-state index in [0.717, 1.165) is 4.47 Å². The van der Waals surface area contributed by atoms with E-state index in [1.165, 1.54) is 18.2 Å². The highest BCUT2D eigenvalue weighted by Crippen LogP contribution is 2.28. The number of phenolic OH excluding ortho intramolecular Hbond substituents is 1. The van der Waals surface area contributed by atoms with Crippen LogP contribution in [0.25, 0.3) is 0 Å². The van der Waals surface area contributed by atoms with Crippen molar-refractivity contribution in [2.75, 3.05) is 5.32 Å². The highest BCUT2D eigenvalue weighted by molar-refractivity contribution is 9.10. The molecular formula is C13H10BrClN2O3. The summed E-state index contributed by atoms with van der Waals surface area (Å²) in [6.07, 6.45) is 0. The molecule has 0 aliphatic carbocycles. The molecule has 0 saturated carbocycles. The van der Waals surface area contributed by atoms with Crippen LogP contribution in [0.4, 0.5) is 11.4 Å². The quantitative estimate of drug-likeness (QED) is 0.631. The van der Waals surface area contributed by atoms with Gasteiger partial charge in [-0.2, -0.15) is 0 Å². The first-order valence-corrected chi connectivity index (χ1v) is 6.79. The summed E-state index contributed by atoms with van der Waals surface area (Å²) >= 11 is 9.29. The second-order valence-electron chi connectivity index (χ2n) is 4.05. The lowest BCUT2D eigenvalue weighted by Gasteiger charge is -2.10. The van der Waals surface area contributed by atoms with E-state index < -0.39 is 4.92 Å². The van der Waals surface area contributed by atoms with E-state index in [9.17, 15) is 15.2 Å².